The Morgan fingerprint density at radius 3 is 2.54 bits per heavy atom. The van der Waals surface area contributed by atoms with Crippen molar-refractivity contribution >= 4 is 22.6 Å². The van der Waals surface area contributed by atoms with Gasteiger partial charge in [-0.2, -0.15) is 0 Å². The van der Waals surface area contributed by atoms with Crippen LogP contribution in [0.3, 0.4) is 0 Å². The summed E-state index contributed by atoms with van der Waals surface area (Å²) in [5.41, 5.74) is 3.96. The quantitative estimate of drug-likeness (QED) is 0.551. The second kappa shape index (κ2) is 10.0. The van der Waals surface area contributed by atoms with E-state index < -0.39 is 0 Å². The minimum absolute atomic E-state index is 0.00655. The summed E-state index contributed by atoms with van der Waals surface area (Å²) in [7, 11) is 0. The van der Waals surface area contributed by atoms with Gasteiger partial charge in [-0.05, 0) is 57.7 Å². The number of carbonyl (C=O) groups is 1. The van der Waals surface area contributed by atoms with Crippen LogP contribution in [0.25, 0.3) is 11.0 Å². The van der Waals surface area contributed by atoms with Gasteiger partial charge in [-0.1, -0.05) is 19.3 Å². The molecule has 5 heterocycles. The highest BCUT2D eigenvalue weighted by molar-refractivity contribution is 5.99. The lowest BCUT2D eigenvalue weighted by Gasteiger charge is -2.42. The number of nitrogens with zero attached hydrogens (tertiary/aromatic N) is 6. The number of aromatic nitrogens is 4. The monoisotopic (exact) mass is 501 g/mol. The van der Waals surface area contributed by atoms with Crippen LogP contribution in [0.1, 0.15) is 74.4 Å². The molecule has 2 aliphatic heterocycles. The number of pyridine rings is 1. The zero-order chi connectivity index (χ0) is 25.4. The molecule has 0 atom stereocenters. The van der Waals surface area contributed by atoms with Crippen LogP contribution in [0.4, 0.5) is 5.69 Å². The smallest absolute Gasteiger partial charge is 0.268 e. The molecule has 3 aliphatic rings. The number of hydrogen-bond donors (Lipinski definition) is 1. The molecule has 8 heteroatoms. The average Bonchev–Trinajstić information content (AvgIpc) is 3.33. The highest BCUT2D eigenvalue weighted by Gasteiger charge is 2.41. The molecule has 1 spiro atoms. The molecular formula is C29H39N7O. The van der Waals surface area contributed by atoms with Gasteiger partial charge in [0.1, 0.15) is 17.2 Å². The SMILES string of the molecule is CC(C)N1CCN(c2ccc(CCCc3ncc4cc5n(c4n3)C3(CCCCC3)CNC5=O)nc2)CC1. The first kappa shape index (κ1) is 24.3. The number of fused-ring (bicyclic) bond motifs is 4. The Bertz CT molecular complexity index is 1250. The molecule has 1 aliphatic carbocycles. The number of carbonyl (C=O) groups excluding carboxylic acids is 1. The normalized spacial score (nSPS) is 20.0. The summed E-state index contributed by atoms with van der Waals surface area (Å²) in [5.74, 6) is 0.858. The van der Waals surface area contributed by atoms with Crippen LogP contribution in [0.2, 0.25) is 0 Å². The Morgan fingerprint density at radius 2 is 1.81 bits per heavy atom. The molecule has 0 aromatic carbocycles. The van der Waals surface area contributed by atoms with Crippen molar-refractivity contribution in [2.24, 2.45) is 0 Å². The fourth-order valence-electron chi connectivity index (χ4n) is 6.49. The molecule has 6 rings (SSSR count). The molecule has 0 unspecified atom stereocenters. The molecule has 37 heavy (non-hydrogen) atoms. The first-order valence-corrected chi connectivity index (χ1v) is 14.1. The molecule has 196 valence electrons. The predicted molar refractivity (Wildman–Crippen MR) is 146 cm³/mol. The van der Waals surface area contributed by atoms with Gasteiger partial charge >= 0.3 is 0 Å². The number of aryl methyl sites for hydroxylation is 2. The Kier molecular flexibility index (Phi) is 6.61. The number of anilines is 1. The van der Waals surface area contributed by atoms with Crippen LogP contribution in [-0.2, 0) is 18.4 Å². The van der Waals surface area contributed by atoms with Crippen molar-refractivity contribution in [1.82, 2.24) is 29.7 Å². The maximum atomic E-state index is 12.7. The van der Waals surface area contributed by atoms with E-state index in [1.165, 1.54) is 24.9 Å². The molecule has 0 radical (unpaired) electrons. The van der Waals surface area contributed by atoms with Crippen molar-refractivity contribution in [2.75, 3.05) is 37.6 Å². The zero-order valence-corrected chi connectivity index (χ0v) is 22.2. The van der Waals surface area contributed by atoms with Crippen LogP contribution in [0.5, 0.6) is 0 Å². The third-order valence-electron chi connectivity index (χ3n) is 8.71. The Labute approximate surface area is 219 Å². The molecule has 3 aromatic heterocycles. The molecule has 1 saturated heterocycles. The van der Waals surface area contributed by atoms with E-state index in [1.807, 2.05) is 18.5 Å². The molecule has 1 N–H and O–H groups in total. The maximum absolute atomic E-state index is 12.7. The highest BCUT2D eigenvalue weighted by atomic mass is 16.2. The first-order chi connectivity index (χ1) is 18.0. The lowest BCUT2D eigenvalue weighted by atomic mass is 9.80. The van der Waals surface area contributed by atoms with Crippen molar-refractivity contribution < 1.29 is 4.79 Å². The molecular weight excluding hydrogens is 462 g/mol. The third kappa shape index (κ3) is 4.72. The van der Waals surface area contributed by atoms with Crippen molar-refractivity contribution in [2.45, 2.75) is 76.8 Å². The van der Waals surface area contributed by atoms with E-state index in [0.29, 0.717) is 12.6 Å². The van der Waals surface area contributed by atoms with E-state index in [9.17, 15) is 4.79 Å². The van der Waals surface area contributed by atoms with Gasteiger partial charge in [0.2, 0.25) is 0 Å². The highest BCUT2D eigenvalue weighted by Crippen LogP contribution is 2.40. The third-order valence-corrected chi connectivity index (χ3v) is 8.71. The van der Waals surface area contributed by atoms with Gasteiger partial charge in [-0.25, -0.2) is 9.97 Å². The second-order valence-corrected chi connectivity index (χ2v) is 11.4. The summed E-state index contributed by atoms with van der Waals surface area (Å²) in [6, 6.07) is 6.97. The molecule has 1 amide bonds. The minimum Gasteiger partial charge on any atom is -0.368 e. The molecule has 1 saturated carbocycles. The Balaban J connectivity index is 1.11. The summed E-state index contributed by atoms with van der Waals surface area (Å²) in [6.07, 6.45) is 12.5. The van der Waals surface area contributed by atoms with Crippen molar-refractivity contribution in [3.63, 3.8) is 0 Å². The summed E-state index contributed by atoms with van der Waals surface area (Å²) in [5, 5.41) is 4.10. The minimum atomic E-state index is -0.0397. The van der Waals surface area contributed by atoms with Crippen LogP contribution >= 0.6 is 0 Å². The lowest BCUT2D eigenvalue weighted by molar-refractivity contribution is 0.0833. The van der Waals surface area contributed by atoms with Gasteiger partial charge in [0.05, 0.1) is 17.4 Å². The number of hydrogen-bond acceptors (Lipinski definition) is 6. The summed E-state index contributed by atoms with van der Waals surface area (Å²) in [6.45, 7) is 9.59. The first-order valence-electron chi connectivity index (χ1n) is 14.1. The van der Waals surface area contributed by atoms with E-state index in [1.54, 1.807) is 0 Å². The largest absolute Gasteiger partial charge is 0.368 e. The Hall–Kier alpha value is -3.00. The van der Waals surface area contributed by atoms with Gasteiger partial charge in [0.25, 0.3) is 5.91 Å². The van der Waals surface area contributed by atoms with Gasteiger partial charge in [0, 0.05) is 62.5 Å². The topological polar surface area (TPSA) is 79.2 Å². The van der Waals surface area contributed by atoms with E-state index in [4.69, 9.17) is 9.97 Å². The fraction of sp³-hybridized carbons (Fsp3) is 0.586. The Morgan fingerprint density at radius 1 is 1.00 bits per heavy atom. The fourth-order valence-corrected chi connectivity index (χ4v) is 6.49. The van der Waals surface area contributed by atoms with Gasteiger partial charge < -0.3 is 14.8 Å². The number of rotatable bonds is 6. The van der Waals surface area contributed by atoms with Crippen LogP contribution in [0.15, 0.2) is 30.6 Å². The van der Waals surface area contributed by atoms with Gasteiger partial charge in [-0.3, -0.25) is 14.7 Å². The average molecular weight is 502 g/mol. The van der Waals surface area contributed by atoms with Crippen molar-refractivity contribution in [1.29, 1.82) is 0 Å². The second-order valence-electron chi connectivity index (χ2n) is 11.4. The van der Waals surface area contributed by atoms with Crippen LogP contribution < -0.4 is 10.2 Å². The number of nitrogens with one attached hydrogen (secondary N) is 1. The van der Waals surface area contributed by atoms with E-state index >= 15 is 0 Å². The van der Waals surface area contributed by atoms with Crippen molar-refractivity contribution in [3.8, 4) is 0 Å². The molecule has 0 bridgehead atoms. The predicted octanol–water partition coefficient (Wildman–Crippen LogP) is 3.93. The summed E-state index contributed by atoms with van der Waals surface area (Å²) >= 11 is 0. The van der Waals surface area contributed by atoms with Crippen LogP contribution in [0, 0.1) is 0 Å². The summed E-state index contributed by atoms with van der Waals surface area (Å²) in [4.78, 5) is 32.0. The lowest BCUT2D eigenvalue weighted by Crippen LogP contribution is -2.52. The zero-order valence-electron chi connectivity index (χ0n) is 22.2. The van der Waals surface area contributed by atoms with E-state index in [-0.39, 0.29) is 11.4 Å². The summed E-state index contributed by atoms with van der Waals surface area (Å²) < 4.78 is 2.26. The standard InChI is InChI=1S/C29H39N7O/c1-21(2)34-13-15-35(16-14-34)24-10-9-23(30-19-24)7-6-8-26-31-18-22-17-25-28(37)32-20-29(11-4-3-5-12-29)36(25)27(22)33-26/h9-10,17-19,21H,3-8,11-16,20H2,1-2H3,(H,32,37). The maximum Gasteiger partial charge on any atom is 0.268 e. The molecule has 2 fully saturated rings. The van der Waals surface area contributed by atoms with Crippen LogP contribution in [-0.4, -0.2) is 69.1 Å². The van der Waals surface area contributed by atoms with E-state index in [0.717, 1.165) is 86.5 Å². The van der Waals surface area contributed by atoms with Gasteiger partial charge in [0.15, 0.2) is 0 Å². The molecule has 8 nitrogen and oxygen atoms in total. The van der Waals surface area contributed by atoms with Crippen molar-refractivity contribution in [3.05, 3.63) is 47.8 Å². The number of amides is 1. The molecule has 3 aromatic rings. The number of piperazine rings is 1. The van der Waals surface area contributed by atoms with Gasteiger partial charge in [-0.15, -0.1) is 0 Å². The van der Waals surface area contributed by atoms with E-state index in [2.05, 4.69) is 50.6 Å².